The molecule has 0 saturated heterocycles. The summed E-state index contributed by atoms with van der Waals surface area (Å²) < 4.78 is 21.3. The number of methoxy groups -OCH3 is 1. The van der Waals surface area contributed by atoms with Gasteiger partial charge in [-0.15, -0.1) is 0 Å². The summed E-state index contributed by atoms with van der Waals surface area (Å²) in [5.74, 6) is 0.286. The summed E-state index contributed by atoms with van der Waals surface area (Å²) in [4.78, 5) is 16.2. The third-order valence-corrected chi connectivity index (χ3v) is 4.30. The first-order valence-electron chi connectivity index (χ1n) is 8.30. The van der Waals surface area contributed by atoms with Crippen molar-refractivity contribution in [2.24, 2.45) is 7.05 Å². The van der Waals surface area contributed by atoms with Gasteiger partial charge in [0.15, 0.2) is 0 Å². The quantitative estimate of drug-likeness (QED) is 0.558. The van der Waals surface area contributed by atoms with Crippen molar-refractivity contribution in [3.05, 3.63) is 54.7 Å². The van der Waals surface area contributed by atoms with Crippen molar-refractivity contribution in [3.63, 3.8) is 0 Å². The normalized spacial score (nSPS) is 11.0. The Labute approximate surface area is 158 Å². The number of fused-ring (bicyclic) bond motifs is 1. The standard InChI is InChI=1S/C19H16FN5O3/c1-24-10-12(9-22-24)15-5-11-8-21-18(7-16(11)25(15)19(26)27)23-14-4-3-13(20)6-17(14)28-2/h3-10H,1-2H3,(H,21,23)(H,26,27). The number of rotatable bonds is 4. The van der Waals surface area contributed by atoms with Crippen molar-refractivity contribution in [2.75, 3.05) is 12.4 Å². The van der Waals surface area contributed by atoms with E-state index < -0.39 is 11.9 Å². The predicted octanol–water partition coefficient (Wildman–Crippen LogP) is 3.85. The van der Waals surface area contributed by atoms with Crippen LogP contribution in [0.25, 0.3) is 22.2 Å². The van der Waals surface area contributed by atoms with Gasteiger partial charge in [-0.25, -0.2) is 18.7 Å². The lowest BCUT2D eigenvalue weighted by Gasteiger charge is -2.11. The van der Waals surface area contributed by atoms with E-state index in [1.54, 1.807) is 42.5 Å². The molecule has 4 rings (SSSR count). The zero-order valence-electron chi connectivity index (χ0n) is 15.0. The third-order valence-electron chi connectivity index (χ3n) is 4.30. The van der Waals surface area contributed by atoms with Crippen molar-refractivity contribution >= 4 is 28.5 Å². The SMILES string of the molecule is COc1cc(F)ccc1Nc1cc2c(cn1)cc(-c1cnn(C)c1)n2C(=O)O. The van der Waals surface area contributed by atoms with E-state index in [1.807, 2.05) is 0 Å². The summed E-state index contributed by atoms with van der Waals surface area (Å²) in [6.07, 6.45) is 3.80. The number of aromatic nitrogens is 4. The van der Waals surface area contributed by atoms with Crippen LogP contribution in [0, 0.1) is 5.82 Å². The van der Waals surface area contributed by atoms with E-state index in [9.17, 15) is 14.3 Å². The van der Waals surface area contributed by atoms with Gasteiger partial charge in [-0.2, -0.15) is 5.10 Å². The molecular weight excluding hydrogens is 365 g/mol. The summed E-state index contributed by atoms with van der Waals surface area (Å²) >= 11 is 0. The average Bonchev–Trinajstić information content (AvgIpc) is 3.26. The number of carboxylic acid groups (broad SMARTS) is 1. The highest BCUT2D eigenvalue weighted by Crippen LogP contribution is 2.31. The van der Waals surface area contributed by atoms with Crippen LogP contribution < -0.4 is 10.1 Å². The Morgan fingerprint density at radius 2 is 2.07 bits per heavy atom. The number of nitrogens with one attached hydrogen (secondary N) is 1. The largest absolute Gasteiger partial charge is 0.494 e. The van der Waals surface area contributed by atoms with E-state index >= 15 is 0 Å². The molecule has 0 fully saturated rings. The van der Waals surface area contributed by atoms with Crippen LogP contribution in [0.4, 0.5) is 20.7 Å². The Hall–Kier alpha value is -3.88. The van der Waals surface area contributed by atoms with Crippen LogP contribution in [0.5, 0.6) is 5.75 Å². The minimum Gasteiger partial charge on any atom is -0.494 e. The number of ether oxygens (including phenoxy) is 1. The minimum atomic E-state index is -1.12. The number of anilines is 2. The summed E-state index contributed by atoms with van der Waals surface area (Å²) in [7, 11) is 3.20. The number of aryl methyl sites for hydroxylation is 1. The molecule has 0 saturated carbocycles. The van der Waals surface area contributed by atoms with E-state index in [4.69, 9.17) is 4.74 Å². The molecule has 0 aliphatic rings. The Bertz CT molecular complexity index is 1200. The fourth-order valence-corrected chi connectivity index (χ4v) is 3.05. The molecule has 28 heavy (non-hydrogen) atoms. The maximum atomic E-state index is 13.4. The van der Waals surface area contributed by atoms with Gasteiger partial charge in [0.25, 0.3) is 0 Å². The number of hydrogen-bond acceptors (Lipinski definition) is 5. The highest BCUT2D eigenvalue weighted by molar-refractivity contribution is 5.96. The van der Waals surface area contributed by atoms with Crippen LogP contribution in [-0.4, -0.2) is 37.6 Å². The molecule has 0 bridgehead atoms. The summed E-state index contributed by atoms with van der Waals surface area (Å²) in [5.41, 5.74) is 2.14. The van der Waals surface area contributed by atoms with Crippen LogP contribution in [0.15, 0.2) is 48.9 Å². The molecule has 0 unspecified atom stereocenters. The topological polar surface area (TPSA) is 94.2 Å². The Morgan fingerprint density at radius 3 is 2.75 bits per heavy atom. The molecule has 8 nitrogen and oxygen atoms in total. The highest BCUT2D eigenvalue weighted by atomic mass is 19.1. The van der Waals surface area contributed by atoms with Gasteiger partial charge in [-0.3, -0.25) is 4.68 Å². The van der Waals surface area contributed by atoms with Gasteiger partial charge in [-0.05, 0) is 18.2 Å². The van der Waals surface area contributed by atoms with Crippen LogP contribution in [0.2, 0.25) is 0 Å². The Morgan fingerprint density at radius 1 is 1.25 bits per heavy atom. The van der Waals surface area contributed by atoms with Gasteiger partial charge in [0.05, 0.1) is 30.2 Å². The fraction of sp³-hybridized carbons (Fsp3) is 0.105. The maximum absolute atomic E-state index is 13.4. The maximum Gasteiger partial charge on any atom is 0.416 e. The lowest BCUT2D eigenvalue weighted by Crippen LogP contribution is -2.09. The molecular formula is C19H16FN5O3. The van der Waals surface area contributed by atoms with Gasteiger partial charge in [-0.1, -0.05) is 0 Å². The van der Waals surface area contributed by atoms with Crippen molar-refractivity contribution in [2.45, 2.75) is 0 Å². The monoisotopic (exact) mass is 381 g/mol. The summed E-state index contributed by atoms with van der Waals surface area (Å²) in [6, 6.07) is 7.43. The van der Waals surface area contributed by atoms with Crippen molar-refractivity contribution in [3.8, 4) is 17.0 Å². The second-order valence-corrected chi connectivity index (χ2v) is 6.15. The predicted molar refractivity (Wildman–Crippen MR) is 102 cm³/mol. The molecule has 142 valence electrons. The minimum absolute atomic E-state index is 0.312. The Balaban J connectivity index is 1.81. The molecule has 9 heteroatoms. The Kier molecular flexibility index (Phi) is 4.19. The molecule has 3 heterocycles. The first kappa shape index (κ1) is 17.5. The van der Waals surface area contributed by atoms with Crippen LogP contribution in [0.3, 0.4) is 0 Å². The van der Waals surface area contributed by atoms with Crippen LogP contribution >= 0.6 is 0 Å². The van der Waals surface area contributed by atoms with Crippen LogP contribution in [-0.2, 0) is 7.05 Å². The smallest absolute Gasteiger partial charge is 0.416 e. The molecule has 0 amide bonds. The zero-order valence-corrected chi connectivity index (χ0v) is 15.0. The number of carbonyl (C=O) groups is 1. The third kappa shape index (κ3) is 3.02. The molecule has 1 aromatic carbocycles. The summed E-state index contributed by atoms with van der Waals surface area (Å²) in [6.45, 7) is 0. The number of pyridine rings is 1. The second kappa shape index (κ2) is 6.69. The zero-order chi connectivity index (χ0) is 19.8. The van der Waals surface area contributed by atoms with E-state index in [-0.39, 0.29) is 0 Å². The molecule has 2 N–H and O–H groups in total. The number of halogens is 1. The second-order valence-electron chi connectivity index (χ2n) is 6.15. The van der Waals surface area contributed by atoms with E-state index in [1.165, 1.54) is 29.9 Å². The van der Waals surface area contributed by atoms with Gasteiger partial charge in [0.2, 0.25) is 0 Å². The van der Waals surface area contributed by atoms with Gasteiger partial charge >= 0.3 is 6.09 Å². The first-order chi connectivity index (χ1) is 13.5. The average molecular weight is 381 g/mol. The highest BCUT2D eigenvalue weighted by Gasteiger charge is 2.18. The van der Waals surface area contributed by atoms with Crippen LogP contribution in [0.1, 0.15) is 0 Å². The molecule has 0 aliphatic carbocycles. The molecule has 4 aromatic rings. The first-order valence-corrected chi connectivity index (χ1v) is 8.30. The van der Waals surface area contributed by atoms with E-state index in [0.29, 0.717) is 39.4 Å². The van der Waals surface area contributed by atoms with Gasteiger partial charge in [0.1, 0.15) is 17.4 Å². The lowest BCUT2D eigenvalue weighted by molar-refractivity contribution is 0.198. The molecule has 0 radical (unpaired) electrons. The number of benzene rings is 1. The number of nitrogens with zero attached hydrogens (tertiary/aromatic N) is 4. The van der Waals surface area contributed by atoms with Crippen molar-refractivity contribution < 1.29 is 19.0 Å². The van der Waals surface area contributed by atoms with Gasteiger partial charge < -0.3 is 15.2 Å². The van der Waals surface area contributed by atoms with Crippen molar-refractivity contribution in [1.82, 2.24) is 19.3 Å². The summed E-state index contributed by atoms with van der Waals surface area (Å²) in [5, 5.41) is 17.5. The molecule has 0 aliphatic heterocycles. The van der Waals surface area contributed by atoms with Crippen molar-refractivity contribution in [1.29, 1.82) is 0 Å². The van der Waals surface area contributed by atoms with E-state index in [0.717, 1.165) is 0 Å². The fourth-order valence-electron chi connectivity index (χ4n) is 3.05. The van der Waals surface area contributed by atoms with Gasteiger partial charge in [0, 0.05) is 42.5 Å². The molecule has 3 aromatic heterocycles. The number of hydrogen-bond donors (Lipinski definition) is 2. The molecule has 0 atom stereocenters. The lowest BCUT2D eigenvalue weighted by atomic mass is 10.2. The molecule has 0 spiro atoms. The van der Waals surface area contributed by atoms with E-state index in [2.05, 4.69) is 15.4 Å².